The quantitative estimate of drug-likeness (QED) is 0.913. The Balaban J connectivity index is 1.65. The van der Waals surface area contributed by atoms with E-state index in [9.17, 15) is 9.59 Å². The molecule has 0 unspecified atom stereocenters. The van der Waals surface area contributed by atoms with Crippen molar-refractivity contribution in [2.75, 3.05) is 13.6 Å². The summed E-state index contributed by atoms with van der Waals surface area (Å²) in [6.45, 7) is 2.64. The first-order valence-corrected chi connectivity index (χ1v) is 8.22. The minimum absolute atomic E-state index is 0.0243. The van der Waals surface area contributed by atoms with Crippen molar-refractivity contribution < 1.29 is 9.59 Å². The lowest BCUT2D eigenvalue weighted by atomic mass is 10.1. The van der Waals surface area contributed by atoms with Gasteiger partial charge in [-0.25, -0.2) is 4.79 Å². The number of amides is 3. The molecule has 3 rings (SSSR count). The number of urea groups is 1. The van der Waals surface area contributed by atoms with Crippen molar-refractivity contribution in [3.63, 3.8) is 0 Å². The summed E-state index contributed by atoms with van der Waals surface area (Å²) in [5.74, 6) is -0.0243. The number of thiophene rings is 1. The Kier molecular flexibility index (Phi) is 4.02. The van der Waals surface area contributed by atoms with Crippen molar-refractivity contribution in [3.05, 3.63) is 35.2 Å². The molecule has 116 valence electrons. The van der Waals surface area contributed by atoms with Gasteiger partial charge >= 0.3 is 6.03 Å². The minimum Gasteiger partial charge on any atom is -0.344 e. The van der Waals surface area contributed by atoms with E-state index in [4.69, 9.17) is 0 Å². The molecular weight excluding hydrogens is 298 g/mol. The molecule has 1 fully saturated rings. The highest BCUT2D eigenvalue weighted by molar-refractivity contribution is 7.17. The number of likely N-dealkylation sites (tertiary alicyclic amines) is 1. The lowest BCUT2D eigenvalue weighted by Crippen LogP contribution is -2.46. The van der Waals surface area contributed by atoms with Crippen LogP contribution in [-0.2, 0) is 4.79 Å². The topological polar surface area (TPSA) is 61.4 Å². The van der Waals surface area contributed by atoms with Gasteiger partial charge in [-0.15, -0.1) is 11.3 Å². The van der Waals surface area contributed by atoms with E-state index >= 15 is 0 Å². The van der Waals surface area contributed by atoms with E-state index in [-0.39, 0.29) is 18.0 Å². The Morgan fingerprint density at radius 1 is 1.41 bits per heavy atom. The SMILES string of the molecule is C[C@H](NC(=O)N[C@H]1CCN(C)C1=O)c1csc2ccccc12. The van der Waals surface area contributed by atoms with Crippen LogP contribution in [0.5, 0.6) is 0 Å². The first kappa shape index (κ1) is 14.8. The Hall–Kier alpha value is -2.08. The average Bonchev–Trinajstić information content (AvgIpc) is 3.06. The molecule has 1 saturated heterocycles. The summed E-state index contributed by atoms with van der Waals surface area (Å²) in [5, 5.41) is 8.92. The maximum Gasteiger partial charge on any atom is 0.315 e. The second kappa shape index (κ2) is 5.96. The fraction of sp³-hybridized carbons (Fsp3) is 0.375. The van der Waals surface area contributed by atoms with E-state index in [0.717, 1.165) is 10.9 Å². The number of nitrogens with one attached hydrogen (secondary N) is 2. The van der Waals surface area contributed by atoms with Gasteiger partial charge in [0.05, 0.1) is 6.04 Å². The highest BCUT2D eigenvalue weighted by atomic mass is 32.1. The molecule has 2 atom stereocenters. The van der Waals surface area contributed by atoms with Gasteiger partial charge in [0, 0.05) is 18.3 Å². The lowest BCUT2D eigenvalue weighted by Gasteiger charge is -2.17. The number of benzene rings is 1. The van der Waals surface area contributed by atoms with Crippen molar-refractivity contribution in [2.24, 2.45) is 0 Å². The van der Waals surface area contributed by atoms with E-state index in [1.165, 1.54) is 4.70 Å². The van der Waals surface area contributed by atoms with Crippen LogP contribution in [-0.4, -0.2) is 36.5 Å². The molecule has 22 heavy (non-hydrogen) atoms. The van der Waals surface area contributed by atoms with E-state index < -0.39 is 6.04 Å². The number of nitrogens with zero attached hydrogens (tertiary/aromatic N) is 1. The van der Waals surface area contributed by atoms with Gasteiger partial charge in [-0.1, -0.05) is 18.2 Å². The van der Waals surface area contributed by atoms with E-state index in [1.807, 2.05) is 19.1 Å². The average molecular weight is 317 g/mol. The highest BCUT2D eigenvalue weighted by Gasteiger charge is 2.30. The maximum atomic E-state index is 12.1. The lowest BCUT2D eigenvalue weighted by molar-refractivity contribution is -0.128. The smallest absolute Gasteiger partial charge is 0.315 e. The van der Waals surface area contributed by atoms with Crippen molar-refractivity contribution in [3.8, 4) is 0 Å². The van der Waals surface area contributed by atoms with Crippen LogP contribution in [0.2, 0.25) is 0 Å². The molecule has 1 aromatic carbocycles. The van der Waals surface area contributed by atoms with Crippen LogP contribution in [0.1, 0.15) is 24.9 Å². The number of carbonyl (C=O) groups excluding carboxylic acids is 2. The molecule has 1 aliphatic heterocycles. The third-order valence-corrected chi connectivity index (χ3v) is 5.04. The second-order valence-corrected chi connectivity index (χ2v) is 6.54. The molecule has 6 heteroatoms. The van der Waals surface area contributed by atoms with Crippen molar-refractivity contribution in [2.45, 2.75) is 25.4 Å². The van der Waals surface area contributed by atoms with Gasteiger partial charge in [0.15, 0.2) is 0 Å². The molecule has 0 bridgehead atoms. The van der Waals surface area contributed by atoms with Crippen LogP contribution >= 0.6 is 11.3 Å². The third kappa shape index (κ3) is 2.78. The zero-order valence-electron chi connectivity index (χ0n) is 12.6. The predicted octanol–water partition coefficient (Wildman–Crippen LogP) is 2.49. The number of hydrogen-bond acceptors (Lipinski definition) is 3. The van der Waals surface area contributed by atoms with Gasteiger partial charge in [0.2, 0.25) is 5.91 Å². The zero-order valence-corrected chi connectivity index (χ0v) is 13.4. The molecule has 2 aromatic rings. The van der Waals surface area contributed by atoms with Crippen LogP contribution in [0, 0.1) is 0 Å². The van der Waals surface area contributed by atoms with Crippen molar-refractivity contribution in [1.29, 1.82) is 0 Å². The zero-order chi connectivity index (χ0) is 15.7. The molecule has 0 radical (unpaired) electrons. The monoisotopic (exact) mass is 317 g/mol. The summed E-state index contributed by atoms with van der Waals surface area (Å²) in [7, 11) is 1.75. The second-order valence-electron chi connectivity index (χ2n) is 5.63. The maximum absolute atomic E-state index is 12.1. The largest absolute Gasteiger partial charge is 0.344 e. The fourth-order valence-corrected chi connectivity index (χ4v) is 3.82. The predicted molar refractivity (Wildman–Crippen MR) is 87.9 cm³/mol. The fourth-order valence-electron chi connectivity index (χ4n) is 2.76. The van der Waals surface area contributed by atoms with Gasteiger partial charge < -0.3 is 15.5 Å². The van der Waals surface area contributed by atoms with E-state index in [2.05, 4.69) is 28.1 Å². The van der Waals surface area contributed by atoms with Gasteiger partial charge in [0.1, 0.15) is 6.04 Å². The Labute approximate surface area is 133 Å². The van der Waals surface area contributed by atoms with Crippen LogP contribution in [0.25, 0.3) is 10.1 Å². The highest BCUT2D eigenvalue weighted by Crippen LogP contribution is 2.29. The summed E-state index contributed by atoms with van der Waals surface area (Å²) in [4.78, 5) is 25.6. The Morgan fingerprint density at radius 3 is 2.91 bits per heavy atom. The summed E-state index contributed by atoms with van der Waals surface area (Å²) < 4.78 is 1.21. The van der Waals surface area contributed by atoms with Gasteiger partial charge in [0.25, 0.3) is 0 Å². The number of hydrogen-bond donors (Lipinski definition) is 2. The van der Waals surface area contributed by atoms with Crippen LogP contribution in [0.15, 0.2) is 29.6 Å². The van der Waals surface area contributed by atoms with E-state index in [1.54, 1.807) is 23.3 Å². The van der Waals surface area contributed by atoms with Gasteiger partial charge in [-0.05, 0) is 35.7 Å². The normalized spacial score (nSPS) is 19.5. The van der Waals surface area contributed by atoms with Gasteiger partial charge in [-0.3, -0.25) is 4.79 Å². The van der Waals surface area contributed by atoms with Crippen molar-refractivity contribution in [1.82, 2.24) is 15.5 Å². The first-order chi connectivity index (χ1) is 10.6. The van der Waals surface area contributed by atoms with Crippen LogP contribution in [0.3, 0.4) is 0 Å². The van der Waals surface area contributed by atoms with Crippen molar-refractivity contribution >= 4 is 33.4 Å². The van der Waals surface area contributed by atoms with Crippen LogP contribution < -0.4 is 10.6 Å². The molecule has 0 spiro atoms. The molecule has 5 nitrogen and oxygen atoms in total. The molecule has 2 N–H and O–H groups in total. The Bertz CT molecular complexity index is 712. The van der Waals surface area contributed by atoms with E-state index in [0.29, 0.717) is 13.0 Å². The number of likely N-dealkylation sites (N-methyl/N-ethyl adjacent to an activating group) is 1. The molecule has 0 aliphatic carbocycles. The molecule has 3 amide bonds. The number of carbonyl (C=O) groups is 2. The first-order valence-electron chi connectivity index (χ1n) is 7.34. The van der Waals surface area contributed by atoms with Crippen LogP contribution in [0.4, 0.5) is 4.79 Å². The summed E-state index contributed by atoms with van der Waals surface area (Å²) in [5.41, 5.74) is 1.10. The summed E-state index contributed by atoms with van der Waals surface area (Å²) in [6, 6.07) is 7.34. The summed E-state index contributed by atoms with van der Waals surface area (Å²) >= 11 is 1.67. The molecule has 0 saturated carbocycles. The number of rotatable bonds is 3. The molecule has 1 aliphatic rings. The Morgan fingerprint density at radius 2 is 2.18 bits per heavy atom. The molecule has 1 aromatic heterocycles. The summed E-state index contributed by atoms with van der Waals surface area (Å²) in [6.07, 6.45) is 0.665. The third-order valence-electron chi connectivity index (χ3n) is 4.06. The molecule has 2 heterocycles. The molecular formula is C16H19N3O2S. The van der Waals surface area contributed by atoms with Gasteiger partial charge in [-0.2, -0.15) is 0 Å². The minimum atomic E-state index is -0.406. The standard InChI is InChI=1S/C16H19N3O2S/c1-10(12-9-22-14-6-4-3-5-11(12)14)17-16(21)18-13-7-8-19(2)15(13)20/h3-6,9-10,13H,7-8H2,1-2H3,(H2,17,18,21)/t10-,13-/m0/s1. The number of fused-ring (bicyclic) bond motifs is 1.